The Hall–Kier alpha value is -1.56. The molecular weight excluding hydrogens is 265 g/mol. The first-order valence-electron chi connectivity index (χ1n) is 5.03. The van der Waals surface area contributed by atoms with E-state index in [2.05, 4.69) is 4.74 Å². The van der Waals surface area contributed by atoms with Gasteiger partial charge < -0.3 is 4.74 Å². The minimum Gasteiger partial charge on any atom is -0.465 e. The average Bonchev–Trinajstić information content (AvgIpc) is 2.65. The third kappa shape index (κ3) is 2.08. The molecule has 2 aromatic rings. The fraction of sp³-hybridized carbons (Fsp3) is 0.250. The van der Waals surface area contributed by atoms with Crippen molar-refractivity contribution in [3.05, 3.63) is 34.2 Å². The average molecular weight is 274 g/mol. The summed E-state index contributed by atoms with van der Waals surface area (Å²) in [6.45, 7) is 1.78. The lowest BCUT2D eigenvalue weighted by atomic mass is 10.1. The van der Waals surface area contributed by atoms with E-state index in [-0.39, 0.29) is 5.39 Å². The van der Waals surface area contributed by atoms with Crippen molar-refractivity contribution in [2.45, 2.75) is 13.1 Å². The molecule has 0 saturated heterocycles. The smallest absolute Gasteiger partial charge is 0.418 e. The topological polar surface area (TPSA) is 26.3 Å². The lowest BCUT2D eigenvalue weighted by Gasteiger charge is -2.07. The molecule has 0 saturated carbocycles. The highest BCUT2D eigenvalue weighted by molar-refractivity contribution is 7.21. The summed E-state index contributed by atoms with van der Waals surface area (Å²) in [5, 5.41) is 0.0403. The number of thiophene rings is 1. The number of aryl methyl sites for hydroxylation is 1. The van der Waals surface area contributed by atoms with Crippen LogP contribution in [0.5, 0.6) is 0 Å². The first-order chi connectivity index (χ1) is 8.34. The fourth-order valence-electron chi connectivity index (χ4n) is 1.72. The van der Waals surface area contributed by atoms with Crippen LogP contribution in [0.2, 0.25) is 0 Å². The lowest BCUT2D eigenvalue weighted by molar-refractivity contribution is -0.136. The number of rotatable bonds is 1. The number of alkyl halides is 3. The molecule has 0 radical (unpaired) electrons. The van der Waals surface area contributed by atoms with Crippen molar-refractivity contribution in [2.24, 2.45) is 0 Å². The van der Waals surface area contributed by atoms with E-state index in [1.54, 1.807) is 19.1 Å². The fourth-order valence-corrected chi connectivity index (χ4v) is 2.96. The second kappa shape index (κ2) is 4.28. The molecule has 0 N–H and O–H groups in total. The van der Waals surface area contributed by atoms with Crippen molar-refractivity contribution in [3.8, 4) is 0 Å². The van der Waals surface area contributed by atoms with Crippen LogP contribution in [0.15, 0.2) is 18.2 Å². The molecule has 1 aromatic heterocycles. The summed E-state index contributed by atoms with van der Waals surface area (Å²) in [5.74, 6) is -0.957. The second-order valence-corrected chi connectivity index (χ2v) is 4.85. The third-order valence-electron chi connectivity index (χ3n) is 2.50. The summed E-state index contributed by atoms with van der Waals surface area (Å²) >= 11 is 0.803. The standard InChI is InChI=1S/C12H9F3O2S/c1-6-3-4-7-8(5-6)18-10(11(16)17-2)9(7)12(13,14)15/h3-5H,1-2H3. The van der Waals surface area contributed by atoms with Gasteiger partial charge in [0.05, 0.1) is 12.7 Å². The van der Waals surface area contributed by atoms with Crippen molar-refractivity contribution in [1.29, 1.82) is 0 Å². The Morgan fingerprint density at radius 3 is 2.56 bits per heavy atom. The van der Waals surface area contributed by atoms with Gasteiger partial charge in [0.1, 0.15) is 4.88 Å². The molecule has 0 atom stereocenters. The zero-order valence-corrected chi connectivity index (χ0v) is 10.4. The number of hydrogen-bond donors (Lipinski definition) is 0. The van der Waals surface area contributed by atoms with Gasteiger partial charge in [0, 0.05) is 10.1 Å². The maximum atomic E-state index is 13.0. The summed E-state index contributed by atoms with van der Waals surface area (Å²) in [4.78, 5) is 11.0. The largest absolute Gasteiger partial charge is 0.465 e. The summed E-state index contributed by atoms with van der Waals surface area (Å²) in [6, 6.07) is 4.60. The van der Waals surface area contributed by atoms with E-state index in [1.165, 1.54) is 6.07 Å². The molecule has 0 unspecified atom stereocenters. The molecule has 0 aliphatic carbocycles. The van der Waals surface area contributed by atoms with E-state index < -0.39 is 22.6 Å². The quantitative estimate of drug-likeness (QED) is 0.734. The van der Waals surface area contributed by atoms with Crippen LogP contribution in [0.25, 0.3) is 10.1 Å². The Balaban J connectivity index is 2.81. The molecule has 0 spiro atoms. The molecule has 96 valence electrons. The molecular formula is C12H9F3O2S. The number of halogens is 3. The van der Waals surface area contributed by atoms with Gasteiger partial charge in [-0.25, -0.2) is 4.79 Å². The Bertz CT molecular complexity index is 614. The summed E-state index contributed by atoms with van der Waals surface area (Å²) in [7, 11) is 1.07. The van der Waals surface area contributed by atoms with Crippen LogP contribution in [0.1, 0.15) is 20.8 Å². The van der Waals surface area contributed by atoms with Crippen molar-refractivity contribution < 1.29 is 22.7 Å². The number of benzene rings is 1. The molecule has 0 aliphatic heterocycles. The summed E-state index contributed by atoms with van der Waals surface area (Å²) < 4.78 is 43.9. The van der Waals surface area contributed by atoms with Gasteiger partial charge in [0.2, 0.25) is 0 Å². The molecule has 6 heteroatoms. The van der Waals surface area contributed by atoms with E-state index in [9.17, 15) is 18.0 Å². The number of carbonyl (C=O) groups excluding carboxylic acids is 1. The van der Waals surface area contributed by atoms with Crippen molar-refractivity contribution in [1.82, 2.24) is 0 Å². The second-order valence-electron chi connectivity index (χ2n) is 3.80. The van der Waals surface area contributed by atoms with Crippen molar-refractivity contribution in [2.75, 3.05) is 7.11 Å². The van der Waals surface area contributed by atoms with Crippen molar-refractivity contribution >= 4 is 27.4 Å². The summed E-state index contributed by atoms with van der Waals surface area (Å²) in [6.07, 6.45) is -4.57. The molecule has 0 aliphatic rings. The van der Waals surface area contributed by atoms with Gasteiger partial charge in [-0.3, -0.25) is 0 Å². The third-order valence-corrected chi connectivity index (χ3v) is 3.63. The monoisotopic (exact) mass is 274 g/mol. The molecule has 0 fully saturated rings. The Morgan fingerprint density at radius 2 is 2.00 bits per heavy atom. The van der Waals surface area contributed by atoms with Crippen LogP contribution >= 0.6 is 11.3 Å². The van der Waals surface area contributed by atoms with Crippen LogP contribution in [0.3, 0.4) is 0 Å². The molecule has 2 nitrogen and oxygen atoms in total. The van der Waals surface area contributed by atoms with Crippen LogP contribution in [0.4, 0.5) is 13.2 Å². The first-order valence-corrected chi connectivity index (χ1v) is 5.85. The van der Waals surface area contributed by atoms with Gasteiger partial charge in [-0.2, -0.15) is 13.2 Å². The molecule has 0 bridgehead atoms. The van der Waals surface area contributed by atoms with Crippen LogP contribution in [-0.2, 0) is 10.9 Å². The first kappa shape index (κ1) is 12.9. The van der Waals surface area contributed by atoms with Gasteiger partial charge in [0.25, 0.3) is 0 Å². The lowest BCUT2D eigenvalue weighted by Crippen LogP contribution is -2.11. The number of methoxy groups -OCH3 is 1. The Morgan fingerprint density at radius 1 is 1.33 bits per heavy atom. The van der Waals surface area contributed by atoms with E-state index >= 15 is 0 Å². The SMILES string of the molecule is COC(=O)c1sc2cc(C)ccc2c1C(F)(F)F. The Labute approximate surface area is 105 Å². The van der Waals surface area contributed by atoms with E-state index in [0.717, 1.165) is 24.0 Å². The van der Waals surface area contributed by atoms with E-state index in [0.29, 0.717) is 4.70 Å². The zero-order valence-electron chi connectivity index (χ0n) is 9.59. The molecule has 18 heavy (non-hydrogen) atoms. The zero-order chi connectivity index (χ0) is 13.5. The predicted octanol–water partition coefficient (Wildman–Crippen LogP) is 4.02. The van der Waals surface area contributed by atoms with Crippen LogP contribution < -0.4 is 0 Å². The van der Waals surface area contributed by atoms with Crippen LogP contribution in [0, 0.1) is 6.92 Å². The Kier molecular flexibility index (Phi) is 3.06. The van der Waals surface area contributed by atoms with Gasteiger partial charge >= 0.3 is 12.1 Å². The minimum absolute atomic E-state index is 0.0403. The van der Waals surface area contributed by atoms with E-state index in [1.807, 2.05) is 0 Å². The number of hydrogen-bond acceptors (Lipinski definition) is 3. The maximum Gasteiger partial charge on any atom is 0.418 e. The van der Waals surface area contributed by atoms with Gasteiger partial charge in [-0.1, -0.05) is 12.1 Å². The van der Waals surface area contributed by atoms with E-state index in [4.69, 9.17) is 0 Å². The molecule has 2 rings (SSSR count). The highest BCUT2D eigenvalue weighted by Crippen LogP contribution is 2.42. The summed E-state index contributed by atoms with van der Waals surface area (Å²) in [5.41, 5.74) is -0.0664. The number of esters is 1. The minimum atomic E-state index is -4.57. The van der Waals surface area contributed by atoms with Crippen LogP contribution in [-0.4, -0.2) is 13.1 Å². The number of carbonyl (C=O) groups is 1. The highest BCUT2D eigenvalue weighted by Gasteiger charge is 2.39. The predicted molar refractivity (Wildman–Crippen MR) is 62.9 cm³/mol. The number of fused-ring (bicyclic) bond motifs is 1. The van der Waals surface area contributed by atoms with Gasteiger partial charge in [0.15, 0.2) is 0 Å². The normalized spacial score (nSPS) is 11.8. The number of ether oxygens (including phenoxy) is 1. The van der Waals surface area contributed by atoms with Gasteiger partial charge in [-0.15, -0.1) is 11.3 Å². The highest BCUT2D eigenvalue weighted by atomic mass is 32.1. The molecule has 0 amide bonds. The molecule has 1 heterocycles. The maximum absolute atomic E-state index is 13.0. The van der Waals surface area contributed by atoms with Crippen molar-refractivity contribution in [3.63, 3.8) is 0 Å². The molecule has 1 aromatic carbocycles. The van der Waals surface area contributed by atoms with Gasteiger partial charge in [-0.05, 0) is 18.6 Å².